The van der Waals surface area contributed by atoms with E-state index in [2.05, 4.69) is 48.0 Å². The number of hydrogen-bond acceptors (Lipinski definition) is 7. The average molecular weight is 519 g/mol. The third-order valence-electron chi connectivity index (χ3n) is 7.04. The maximum absolute atomic E-state index is 13.0. The monoisotopic (exact) mass is 518 g/mol. The lowest BCUT2D eigenvalue weighted by Gasteiger charge is -2.33. The van der Waals surface area contributed by atoms with Gasteiger partial charge in [0, 0.05) is 46.2 Å². The highest BCUT2D eigenvalue weighted by Gasteiger charge is 2.26. The number of benzene rings is 2. The van der Waals surface area contributed by atoms with Crippen LogP contribution in [0.5, 0.6) is 11.5 Å². The molecule has 0 N–H and O–H groups in total. The Hall–Kier alpha value is -3.85. The predicted octanol–water partition coefficient (Wildman–Crippen LogP) is 4.03. The van der Waals surface area contributed by atoms with Gasteiger partial charge in [0.25, 0.3) is 5.91 Å². The minimum atomic E-state index is -0.171. The Kier molecular flexibility index (Phi) is 7.64. The summed E-state index contributed by atoms with van der Waals surface area (Å²) in [4.78, 5) is 34.8. The number of piperazine rings is 1. The summed E-state index contributed by atoms with van der Waals surface area (Å²) in [7, 11) is 0. The third kappa shape index (κ3) is 5.99. The molecule has 5 rings (SSSR count). The molecule has 38 heavy (non-hydrogen) atoms. The predicted molar refractivity (Wildman–Crippen MR) is 141 cm³/mol. The van der Waals surface area contributed by atoms with Crippen LogP contribution in [0.15, 0.2) is 53.1 Å². The number of oxazole rings is 1. The van der Waals surface area contributed by atoms with Crippen LogP contribution < -0.4 is 9.47 Å². The summed E-state index contributed by atoms with van der Waals surface area (Å²) in [6.07, 6.45) is 1.44. The number of nitrogens with zero attached hydrogens (tertiary/aromatic N) is 4. The molecule has 3 aromatic rings. The lowest BCUT2D eigenvalue weighted by molar-refractivity contribution is -0.130. The second kappa shape index (κ2) is 11.3. The second-order valence-electron chi connectivity index (χ2n) is 10.2. The quantitative estimate of drug-likeness (QED) is 0.445. The van der Waals surface area contributed by atoms with Gasteiger partial charge >= 0.3 is 0 Å². The van der Waals surface area contributed by atoms with Crippen LogP contribution in [-0.2, 0) is 24.4 Å². The molecular weight excluding hydrogens is 484 g/mol. The molecule has 200 valence electrons. The van der Waals surface area contributed by atoms with E-state index in [-0.39, 0.29) is 18.6 Å². The van der Waals surface area contributed by atoms with E-state index in [1.807, 2.05) is 18.2 Å². The zero-order valence-corrected chi connectivity index (χ0v) is 22.2. The highest BCUT2D eigenvalue weighted by Crippen LogP contribution is 2.33. The largest absolute Gasteiger partial charge is 0.454 e. The van der Waals surface area contributed by atoms with Crippen LogP contribution in [-0.4, -0.2) is 64.5 Å². The summed E-state index contributed by atoms with van der Waals surface area (Å²) in [5.41, 5.74) is 3.86. The van der Waals surface area contributed by atoms with E-state index in [9.17, 15) is 9.59 Å². The fraction of sp³-hybridized carbons (Fsp3) is 0.414. The van der Waals surface area contributed by atoms with E-state index in [1.165, 1.54) is 17.4 Å². The topological polar surface area (TPSA) is 88.4 Å². The van der Waals surface area contributed by atoms with Crippen molar-refractivity contribution in [1.29, 1.82) is 0 Å². The molecule has 0 unspecified atom stereocenters. The Labute approximate surface area is 222 Å². The van der Waals surface area contributed by atoms with Crippen LogP contribution in [0, 0.1) is 0 Å². The first kappa shape index (κ1) is 25.8. The minimum absolute atomic E-state index is 0.0298. The first-order valence-electron chi connectivity index (χ1n) is 13.0. The van der Waals surface area contributed by atoms with Crippen molar-refractivity contribution >= 4 is 11.8 Å². The summed E-state index contributed by atoms with van der Waals surface area (Å²) in [5.74, 6) is 2.32. The van der Waals surface area contributed by atoms with Gasteiger partial charge in [0.05, 0.1) is 6.54 Å². The van der Waals surface area contributed by atoms with E-state index in [1.54, 1.807) is 16.7 Å². The van der Waals surface area contributed by atoms with E-state index >= 15 is 0 Å². The zero-order chi connectivity index (χ0) is 26.6. The fourth-order valence-electron chi connectivity index (χ4n) is 4.79. The molecular formula is C29H34N4O5. The van der Waals surface area contributed by atoms with Crippen molar-refractivity contribution in [3.8, 4) is 11.5 Å². The first-order valence-corrected chi connectivity index (χ1v) is 13.0. The van der Waals surface area contributed by atoms with Gasteiger partial charge in [-0.1, -0.05) is 44.2 Å². The average Bonchev–Trinajstić information content (AvgIpc) is 3.58. The summed E-state index contributed by atoms with van der Waals surface area (Å²) in [5, 5.41) is 0. The van der Waals surface area contributed by atoms with Crippen LogP contribution in [0.1, 0.15) is 59.8 Å². The number of hydrogen-bond donors (Lipinski definition) is 0. The Morgan fingerprint density at radius 3 is 2.26 bits per heavy atom. The van der Waals surface area contributed by atoms with Crippen LogP contribution in [0.25, 0.3) is 0 Å². The Morgan fingerprint density at radius 2 is 1.55 bits per heavy atom. The molecule has 9 nitrogen and oxygen atoms in total. The van der Waals surface area contributed by atoms with Crippen molar-refractivity contribution in [2.75, 3.05) is 33.0 Å². The van der Waals surface area contributed by atoms with Gasteiger partial charge in [-0.05, 0) is 34.7 Å². The van der Waals surface area contributed by atoms with Crippen molar-refractivity contribution in [3.63, 3.8) is 0 Å². The number of ether oxygens (including phenoxy) is 2. The molecule has 1 fully saturated rings. The SMILES string of the molecule is CC(=O)N1CCN(C(=O)c2coc(CN(Cc3ccc(C(C)C)cc3)Cc3ccc4c(c3)OCO4)n2)CC1. The number of rotatable bonds is 8. The molecule has 0 radical (unpaired) electrons. The molecule has 2 aromatic carbocycles. The summed E-state index contributed by atoms with van der Waals surface area (Å²) < 4.78 is 16.8. The van der Waals surface area contributed by atoms with Crippen molar-refractivity contribution < 1.29 is 23.5 Å². The lowest BCUT2D eigenvalue weighted by atomic mass is 10.0. The Morgan fingerprint density at radius 1 is 0.895 bits per heavy atom. The molecule has 2 aliphatic rings. The van der Waals surface area contributed by atoms with Crippen LogP contribution in [0.3, 0.4) is 0 Å². The first-order chi connectivity index (χ1) is 18.4. The molecule has 1 aromatic heterocycles. The standard InChI is InChI=1S/C29H34N4O5/c1-20(2)24-7-4-22(5-8-24)15-31(16-23-6-9-26-27(14-23)38-19-37-26)17-28-30-25(18-36-28)29(35)33-12-10-32(11-13-33)21(3)34/h4-9,14,18,20H,10-13,15-17,19H2,1-3H3. The molecule has 2 amide bonds. The number of fused-ring (bicyclic) bond motifs is 1. The molecule has 2 aliphatic heterocycles. The number of carbonyl (C=O) groups is 2. The van der Waals surface area contributed by atoms with Gasteiger partial charge in [-0.25, -0.2) is 4.98 Å². The fourth-order valence-corrected chi connectivity index (χ4v) is 4.79. The molecule has 0 saturated carbocycles. The highest BCUT2D eigenvalue weighted by atomic mass is 16.7. The Bertz CT molecular complexity index is 1280. The summed E-state index contributed by atoms with van der Waals surface area (Å²) >= 11 is 0. The zero-order valence-electron chi connectivity index (χ0n) is 22.2. The van der Waals surface area contributed by atoms with Crippen LogP contribution in [0.4, 0.5) is 0 Å². The molecule has 0 aliphatic carbocycles. The highest BCUT2D eigenvalue weighted by molar-refractivity contribution is 5.92. The minimum Gasteiger partial charge on any atom is -0.454 e. The normalized spacial score (nSPS) is 15.0. The lowest BCUT2D eigenvalue weighted by Crippen LogP contribution is -2.50. The number of aromatic nitrogens is 1. The second-order valence-corrected chi connectivity index (χ2v) is 10.2. The molecule has 0 bridgehead atoms. The number of carbonyl (C=O) groups excluding carboxylic acids is 2. The van der Waals surface area contributed by atoms with E-state index in [0.29, 0.717) is 63.3 Å². The van der Waals surface area contributed by atoms with Crippen molar-refractivity contribution in [2.24, 2.45) is 0 Å². The number of amides is 2. The van der Waals surface area contributed by atoms with Gasteiger partial charge in [0.1, 0.15) is 6.26 Å². The summed E-state index contributed by atoms with van der Waals surface area (Å²) in [6, 6.07) is 14.6. The van der Waals surface area contributed by atoms with E-state index in [0.717, 1.165) is 17.1 Å². The molecule has 1 saturated heterocycles. The smallest absolute Gasteiger partial charge is 0.275 e. The van der Waals surface area contributed by atoms with Gasteiger partial charge in [-0.15, -0.1) is 0 Å². The van der Waals surface area contributed by atoms with Crippen molar-refractivity contribution in [3.05, 3.63) is 77.0 Å². The van der Waals surface area contributed by atoms with Crippen LogP contribution in [0.2, 0.25) is 0 Å². The van der Waals surface area contributed by atoms with Crippen molar-refractivity contribution in [2.45, 2.75) is 46.3 Å². The van der Waals surface area contributed by atoms with Gasteiger partial charge < -0.3 is 23.7 Å². The molecule has 3 heterocycles. The van der Waals surface area contributed by atoms with Crippen LogP contribution >= 0.6 is 0 Å². The van der Waals surface area contributed by atoms with Gasteiger partial charge in [0.2, 0.25) is 18.6 Å². The molecule has 0 spiro atoms. The molecule has 0 atom stereocenters. The maximum atomic E-state index is 13.0. The molecule has 9 heteroatoms. The van der Waals surface area contributed by atoms with E-state index in [4.69, 9.17) is 13.9 Å². The maximum Gasteiger partial charge on any atom is 0.275 e. The summed E-state index contributed by atoms with van der Waals surface area (Å²) in [6.45, 7) is 9.97. The Balaban J connectivity index is 1.29. The van der Waals surface area contributed by atoms with Crippen molar-refractivity contribution in [1.82, 2.24) is 19.7 Å². The third-order valence-corrected chi connectivity index (χ3v) is 7.04. The van der Waals surface area contributed by atoms with Gasteiger partial charge in [0.15, 0.2) is 17.2 Å². The van der Waals surface area contributed by atoms with Gasteiger partial charge in [-0.3, -0.25) is 14.5 Å². The van der Waals surface area contributed by atoms with E-state index < -0.39 is 0 Å². The van der Waals surface area contributed by atoms with Gasteiger partial charge in [-0.2, -0.15) is 0 Å².